The number of rotatable bonds is 6. The standard InChI is InChI=1S/C18H18N2O5S2/c1-4-25-18(22)15-11(3)14(10-19)17(26-15)20-16(21)12-7-6-8-13(9-12)27(23,24)5-2/h6-9H,4-5H2,1-3H3,(H,20,21). The molecule has 0 spiro atoms. The number of carbonyl (C=O) groups is 2. The van der Waals surface area contributed by atoms with Gasteiger partial charge in [-0.1, -0.05) is 13.0 Å². The van der Waals surface area contributed by atoms with Crippen molar-refractivity contribution in [3.8, 4) is 6.07 Å². The molecule has 0 saturated heterocycles. The zero-order valence-corrected chi connectivity index (χ0v) is 16.7. The fourth-order valence-electron chi connectivity index (χ4n) is 2.30. The van der Waals surface area contributed by atoms with Gasteiger partial charge in [0.2, 0.25) is 0 Å². The second-order valence-electron chi connectivity index (χ2n) is 5.48. The Morgan fingerprint density at radius 1 is 1.30 bits per heavy atom. The van der Waals surface area contributed by atoms with Gasteiger partial charge in [0.15, 0.2) is 9.84 Å². The number of hydrogen-bond donors (Lipinski definition) is 1. The second kappa shape index (κ2) is 8.33. The number of amides is 1. The summed E-state index contributed by atoms with van der Waals surface area (Å²) in [6, 6.07) is 7.63. The van der Waals surface area contributed by atoms with Crippen molar-refractivity contribution in [3.05, 3.63) is 45.8 Å². The molecule has 9 heteroatoms. The smallest absolute Gasteiger partial charge is 0.348 e. The van der Waals surface area contributed by atoms with Crippen LogP contribution in [-0.4, -0.2) is 32.7 Å². The van der Waals surface area contributed by atoms with Crippen LogP contribution in [0.3, 0.4) is 0 Å². The van der Waals surface area contributed by atoms with E-state index in [1.165, 1.54) is 31.2 Å². The first-order chi connectivity index (χ1) is 12.7. The van der Waals surface area contributed by atoms with Crippen LogP contribution >= 0.6 is 11.3 Å². The van der Waals surface area contributed by atoms with E-state index >= 15 is 0 Å². The maximum Gasteiger partial charge on any atom is 0.348 e. The maximum atomic E-state index is 12.5. The number of nitrogens with zero attached hydrogens (tertiary/aromatic N) is 1. The Balaban J connectivity index is 2.37. The molecule has 0 radical (unpaired) electrons. The normalized spacial score (nSPS) is 10.9. The Kier molecular flexibility index (Phi) is 6.36. The minimum Gasteiger partial charge on any atom is -0.462 e. The van der Waals surface area contributed by atoms with Gasteiger partial charge in [0.05, 0.1) is 22.8 Å². The molecule has 0 aliphatic heterocycles. The molecule has 1 N–H and O–H groups in total. The Hall–Kier alpha value is -2.70. The van der Waals surface area contributed by atoms with Crippen LogP contribution in [0.4, 0.5) is 5.00 Å². The number of sulfone groups is 1. The fraction of sp³-hybridized carbons (Fsp3) is 0.278. The van der Waals surface area contributed by atoms with Gasteiger partial charge in [-0.2, -0.15) is 5.26 Å². The molecular formula is C18H18N2O5S2. The number of hydrogen-bond acceptors (Lipinski definition) is 7. The average molecular weight is 406 g/mol. The Bertz CT molecular complexity index is 1030. The summed E-state index contributed by atoms with van der Waals surface area (Å²) in [4.78, 5) is 24.8. The van der Waals surface area contributed by atoms with E-state index in [0.717, 1.165) is 11.3 Å². The van der Waals surface area contributed by atoms with Crippen molar-refractivity contribution in [2.45, 2.75) is 25.7 Å². The molecule has 2 aromatic rings. The first kappa shape index (κ1) is 20.6. The number of anilines is 1. The highest BCUT2D eigenvalue weighted by atomic mass is 32.2. The van der Waals surface area contributed by atoms with Crippen molar-refractivity contribution in [3.63, 3.8) is 0 Å². The minimum atomic E-state index is -3.45. The van der Waals surface area contributed by atoms with Gasteiger partial charge in [-0.15, -0.1) is 11.3 Å². The van der Waals surface area contributed by atoms with Gasteiger partial charge < -0.3 is 10.1 Å². The zero-order chi connectivity index (χ0) is 20.2. The van der Waals surface area contributed by atoms with E-state index in [2.05, 4.69) is 5.32 Å². The van der Waals surface area contributed by atoms with Gasteiger partial charge >= 0.3 is 5.97 Å². The highest BCUT2D eigenvalue weighted by Crippen LogP contribution is 2.33. The van der Waals surface area contributed by atoms with Crippen LogP contribution in [0.1, 0.15) is 45.0 Å². The molecule has 0 saturated carbocycles. The fourth-order valence-corrected chi connectivity index (χ4v) is 4.27. The number of benzene rings is 1. The predicted octanol–water partition coefficient (Wildman–Crippen LogP) is 3.15. The van der Waals surface area contributed by atoms with Crippen molar-refractivity contribution < 1.29 is 22.7 Å². The van der Waals surface area contributed by atoms with E-state index in [1.807, 2.05) is 6.07 Å². The number of thiophene rings is 1. The van der Waals surface area contributed by atoms with Gasteiger partial charge in [-0.25, -0.2) is 13.2 Å². The third kappa shape index (κ3) is 4.35. The van der Waals surface area contributed by atoms with E-state index in [4.69, 9.17) is 4.74 Å². The van der Waals surface area contributed by atoms with Gasteiger partial charge in [0, 0.05) is 5.56 Å². The summed E-state index contributed by atoms with van der Waals surface area (Å²) in [5.41, 5.74) is 0.740. The van der Waals surface area contributed by atoms with Crippen LogP contribution in [0, 0.1) is 18.3 Å². The molecule has 0 atom stereocenters. The molecule has 1 heterocycles. The molecule has 1 aromatic heterocycles. The van der Waals surface area contributed by atoms with Gasteiger partial charge in [0.1, 0.15) is 15.9 Å². The third-order valence-corrected chi connectivity index (χ3v) is 6.70. The van der Waals surface area contributed by atoms with Crippen molar-refractivity contribution in [2.75, 3.05) is 17.7 Å². The Morgan fingerprint density at radius 2 is 2.00 bits per heavy atom. The third-order valence-electron chi connectivity index (χ3n) is 3.78. The van der Waals surface area contributed by atoms with Crippen LogP contribution in [0.25, 0.3) is 0 Å². The summed E-state index contributed by atoms with van der Waals surface area (Å²) in [5, 5.41) is 12.2. The largest absolute Gasteiger partial charge is 0.462 e. The molecule has 0 aliphatic carbocycles. The molecule has 1 aromatic carbocycles. The average Bonchev–Trinajstić information content (AvgIpc) is 2.97. The van der Waals surface area contributed by atoms with E-state index in [9.17, 15) is 23.3 Å². The summed E-state index contributed by atoms with van der Waals surface area (Å²) in [5.74, 6) is -1.21. The van der Waals surface area contributed by atoms with Gasteiger partial charge in [-0.3, -0.25) is 4.79 Å². The minimum absolute atomic E-state index is 0.0488. The van der Waals surface area contributed by atoms with Crippen LogP contribution in [0.5, 0.6) is 0 Å². The quantitative estimate of drug-likeness (QED) is 0.737. The summed E-state index contributed by atoms with van der Waals surface area (Å²) in [6.45, 7) is 4.99. The Labute approximate surface area is 161 Å². The van der Waals surface area contributed by atoms with Crippen molar-refractivity contribution in [2.24, 2.45) is 0 Å². The van der Waals surface area contributed by atoms with Crippen molar-refractivity contribution >= 4 is 38.1 Å². The summed E-state index contributed by atoms with van der Waals surface area (Å²) in [7, 11) is -3.45. The molecule has 0 fully saturated rings. The van der Waals surface area contributed by atoms with Gasteiger partial charge in [-0.05, 0) is 37.6 Å². The first-order valence-corrected chi connectivity index (χ1v) is 10.6. The highest BCUT2D eigenvalue weighted by molar-refractivity contribution is 7.91. The first-order valence-electron chi connectivity index (χ1n) is 8.09. The summed E-state index contributed by atoms with van der Waals surface area (Å²) >= 11 is 0.949. The van der Waals surface area contributed by atoms with E-state index in [0.29, 0.717) is 5.56 Å². The Morgan fingerprint density at radius 3 is 2.59 bits per heavy atom. The lowest BCUT2D eigenvalue weighted by atomic mass is 10.1. The van der Waals surface area contributed by atoms with Crippen molar-refractivity contribution in [1.82, 2.24) is 0 Å². The maximum absolute atomic E-state index is 12.5. The topological polar surface area (TPSA) is 113 Å². The van der Waals surface area contributed by atoms with E-state index in [1.54, 1.807) is 13.8 Å². The summed E-state index contributed by atoms with van der Waals surface area (Å²) in [6.07, 6.45) is 0. The molecule has 27 heavy (non-hydrogen) atoms. The molecule has 7 nitrogen and oxygen atoms in total. The molecular weight excluding hydrogens is 388 g/mol. The van der Waals surface area contributed by atoms with E-state index < -0.39 is 21.7 Å². The lowest BCUT2D eigenvalue weighted by Crippen LogP contribution is -2.13. The van der Waals surface area contributed by atoms with Crippen LogP contribution in [0.15, 0.2) is 29.2 Å². The lowest BCUT2D eigenvalue weighted by molar-refractivity contribution is 0.0531. The molecule has 1 amide bonds. The highest BCUT2D eigenvalue weighted by Gasteiger charge is 2.23. The lowest BCUT2D eigenvalue weighted by Gasteiger charge is -2.06. The van der Waals surface area contributed by atoms with Gasteiger partial charge in [0.25, 0.3) is 5.91 Å². The SMILES string of the molecule is CCOC(=O)c1sc(NC(=O)c2cccc(S(=O)(=O)CC)c2)c(C#N)c1C. The monoisotopic (exact) mass is 406 g/mol. The zero-order valence-electron chi connectivity index (χ0n) is 15.0. The van der Waals surface area contributed by atoms with Crippen molar-refractivity contribution in [1.29, 1.82) is 5.26 Å². The number of carbonyl (C=O) groups excluding carboxylic acids is 2. The van der Waals surface area contributed by atoms with Crippen LogP contribution < -0.4 is 5.32 Å². The predicted molar refractivity (Wildman–Crippen MR) is 102 cm³/mol. The van der Waals surface area contributed by atoms with E-state index in [-0.39, 0.29) is 38.3 Å². The van der Waals surface area contributed by atoms with Crippen LogP contribution in [-0.2, 0) is 14.6 Å². The number of esters is 1. The molecule has 0 bridgehead atoms. The molecule has 2 rings (SSSR count). The number of nitrogens with one attached hydrogen (secondary N) is 1. The molecule has 0 aliphatic rings. The van der Waals surface area contributed by atoms with Crippen LogP contribution in [0.2, 0.25) is 0 Å². The molecule has 142 valence electrons. The summed E-state index contributed by atoms with van der Waals surface area (Å²) < 4.78 is 28.9. The second-order valence-corrected chi connectivity index (χ2v) is 8.78. The number of nitriles is 1. The number of ether oxygens (including phenoxy) is 1. The molecule has 0 unspecified atom stereocenters.